The number of amides is 1. The van der Waals surface area contributed by atoms with E-state index in [0.29, 0.717) is 11.3 Å². The summed E-state index contributed by atoms with van der Waals surface area (Å²) in [6, 6.07) is 0. The molecule has 0 spiro atoms. The van der Waals surface area contributed by atoms with Crippen LogP contribution in [0.2, 0.25) is 0 Å². The number of nitrogens with one attached hydrogen (secondary N) is 1. The van der Waals surface area contributed by atoms with Crippen LogP contribution in [0.25, 0.3) is 0 Å². The van der Waals surface area contributed by atoms with Crippen LogP contribution in [0.15, 0.2) is 0 Å². The molecule has 112 valence electrons. The standard InChI is InChI=1S/C17H26BrNO/c18-11-17(2-1-3-17)19-15(20)10-16-7-12-4-13(8-16)6-14(5-12)9-16/h12-14H,1-11H2,(H,19,20). The molecule has 5 rings (SSSR count). The minimum atomic E-state index is 0.0966. The quantitative estimate of drug-likeness (QED) is 0.770. The summed E-state index contributed by atoms with van der Waals surface area (Å²) >= 11 is 3.59. The van der Waals surface area contributed by atoms with Crippen molar-refractivity contribution in [3.05, 3.63) is 0 Å². The molecule has 3 heteroatoms. The van der Waals surface area contributed by atoms with Crippen molar-refractivity contribution in [2.75, 3.05) is 5.33 Å². The van der Waals surface area contributed by atoms with Crippen molar-refractivity contribution in [3.8, 4) is 0 Å². The van der Waals surface area contributed by atoms with Crippen molar-refractivity contribution < 1.29 is 4.79 Å². The van der Waals surface area contributed by atoms with E-state index >= 15 is 0 Å². The highest BCUT2D eigenvalue weighted by atomic mass is 79.9. The first-order valence-electron chi connectivity index (χ1n) is 8.47. The summed E-state index contributed by atoms with van der Waals surface area (Å²) in [4.78, 5) is 12.6. The minimum absolute atomic E-state index is 0.0966. The Morgan fingerprint density at radius 2 is 1.60 bits per heavy atom. The average molecular weight is 340 g/mol. The topological polar surface area (TPSA) is 29.1 Å². The lowest BCUT2D eigenvalue weighted by Gasteiger charge is -2.57. The molecule has 2 nitrogen and oxygen atoms in total. The molecule has 0 aromatic heterocycles. The SMILES string of the molecule is O=C(CC12CC3CC(CC(C3)C1)C2)NC1(CBr)CCC1. The van der Waals surface area contributed by atoms with Crippen molar-refractivity contribution in [1.82, 2.24) is 5.32 Å². The molecule has 0 aliphatic heterocycles. The Labute approximate surface area is 130 Å². The predicted molar refractivity (Wildman–Crippen MR) is 83.7 cm³/mol. The van der Waals surface area contributed by atoms with Crippen molar-refractivity contribution in [2.24, 2.45) is 23.2 Å². The molecule has 5 saturated carbocycles. The number of alkyl halides is 1. The van der Waals surface area contributed by atoms with Crippen molar-refractivity contribution in [3.63, 3.8) is 0 Å². The maximum absolute atomic E-state index is 12.6. The number of carbonyl (C=O) groups is 1. The second-order valence-corrected chi connectivity index (χ2v) is 8.97. The van der Waals surface area contributed by atoms with Gasteiger partial charge in [-0.15, -0.1) is 0 Å². The van der Waals surface area contributed by atoms with Crippen LogP contribution in [-0.2, 0) is 4.79 Å². The van der Waals surface area contributed by atoms with Gasteiger partial charge in [0.15, 0.2) is 0 Å². The largest absolute Gasteiger partial charge is 0.350 e. The normalized spacial score (nSPS) is 44.1. The monoisotopic (exact) mass is 339 g/mol. The lowest BCUT2D eigenvalue weighted by molar-refractivity contribution is -0.132. The van der Waals surface area contributed by atoms with E-state index in [-0.39, 0.29) is 5.54 Å². The zero-order chi connectivity index (χ0) is 13.8. The van der Waals surface area contributed by atoms with Gasteiger partial charge >= 0.3 is 0 Å². The molecule has 5 aliphatic rings. The predicted octanol–water partition coefficient (Wildman–Crippen LogP) is 4.03. The van der Waals surface area contributed by atoms with Gasteiger partial charge in [-0.05, 0) is 81.0 Å². The molecule has 5 aliphatic carbocycles. The molecule has 0 unspecified atom stereocenters. The van der Waals surface area contributed by atoms with Crippen molar-refractivity contribution in [1.29, 1.82) is 0 Å². The third-order valence-corrected chi connectivity index (χ3v) is 7.75. The summed E-state index contributed by atoms with van der Waals surface area (Å²) in [6.07, 6.45) is 12.8. The van der Waals surface area contributed by atoms with Gasteiger partial charge in [0.1, 0.15) is 0 Å². The number of hydrogen-bond donors (Lipinski definition) is 1. The number of rotatable bonds is 4. The van der Waals surface area contributed by atoms with Gasteiger partial charge in [0.25, 0.3) is 0 Å². The van der Waals surface area contributed by atoms with E-state index in [1.165, 1.54) is 44.9 Å². The summed E-state index contributed by atoms with van der Waals surface area (Å²) in [6.45, 7) is 0. The average Bonchev–Trinajstić information content (AvgIpc) is 2.31. The van der Waals surface area contributed by atoms with Crippen LogP contribution >= 0.6 is 15.9 Å². The fraction of sp³-hybridized carbons (Fsp3) is 0.941. The molecule has 1 amide bonds. The van der Waals surface area contributed by atoms with E-state index in [9.17, 15) is 4.79 Å². The first kappa shape index (κ1) is 13.6. The van der Waals surface area contributed by atoms with Gasteiger partial charge in [-0.3, -0.25) is 4.79 Å². The minimum Gasteiger partial charge on any atom is -0.350 e. The zero-order valence-electron chi connectivity index (χ0n) is 12.3. The molecule has 1 N–H and O–H groups in total. The van der Waals surface area contributed by atoms with Crippen LogP contribution in [0, 0.1) is 23.2 Å². The van der Waals surface area contributed by atoms with E-state index in [1.54, 1.807) is 0 Å². The maximum atomic E-state index is 12.6. The Bertz CT molecular complexity index is 374. The third kappa shape index (κ3) is 2.24. The van der Waals surface area contributed by atoms with Crippen LogP contribution in [0.3, 0.4) is 0 Å². The third-order valence-electron chi connectivity index (χ3n) is 6.67. The highest BCUT2D eigenvalue weighted by Gasteiger charge is 2.52. The second kappa shape index (κ2) is 4.72. The Morgan fingerprint density at radius 3 is 2.00 bits per heavy atom. The number of halogens is 1. The van der Waals surface area contributed by atoms with E-state index in [2.05, 4.69) is 21.2 Å². The smallest absolute Gasteiger partial charge is 0.221 e. The Morgan fingerprint density at radius 1 is 1.05 bits per heavy atom. The zero-order valence-corrected chi connectivity index (χ0v) is 13.9. The lowest BCUT2D eigenvalue weighted by atomic mass is 9.49. The van der Waals surface area contributed by atoms with Crippen LogP contribution in [0.5, 0.6) is 0 Å². The summed E-state index contributed by atoms with van der Waals surface area (Å²) < 4.78 is 0. The molecule has 4 bridgehead atoms. The summed E-state index contributed by atoms with van der Waals surface area (Å²) in [5.41, 5.74) is 0.482. The fourth-order valence-electron chi connectivity index (χ4n) is 6.08. The Balaban J connectivity index is 1.42. The van der Waals surface area contributed by atoms with E-state index in [1.807, 2.05) is 0 Å². The molecule has 0 radical (unpaired) electrons. The molecule has 5 fully saturated rings. The second-order valence-electron chi connectivity index (χ2n) is 8.41. The molecular formula is C17H26BrNO. The van der Waals surface area contributed by atoms with Crippen LogP contribution in [0.4, 0.5) is 0 Å². The number of hydrogen-bond acceptors (Lipinski definition) is 1. The van der Waals surface area contributed by atoms with Gasteiger partial charge in [-0.25, -0.2) is 0 Å². The van der Waals surface area contributed by atoms with E-state index < -0.39 is 0 Å². The van der Waals surface area contributed by atoms with Gasteiger partial charge in [0.2, 0.25) is 5.91 Å². The van der Waals surface area contributed by atoms with Gasteiger partial charge in [-0.2, -0.15) is 0 Å². The number of carbonyl (C=O) groups excluding carboxylic acids is 1. The van der Waals surface area contributed by atoms with Gasteiger partial charge in [0.05, 0.1) is 0 Å². The molecule has 20 heavy (non-hydrogen) atoms. The first-order valence-corrected chi connectivity index (χ1v) is 9.60. The van der Waals surface area contributed by atoms with Gasteiger partial charge in [-0.1, -0.05) is 15.9 Å². The lowest BCUT2D eigenvalue weighted by Crippen LogP contribution is -2.56. The van der Waals surface area contributed by atoms with Crippen molar-refractivity contribution >= 4 is 21.8 Å². The summed E-state index contributed by atoms with van der Waals surface area (Å²) in [5.74, 6) is 3.18. The summed E-state index contributed by atoms with van der Waals surface area (Å²) in [7, 11) is 0. The van der Waals surface area contributed by atoms with E-state index in [0.717, 1.165) is 42.3 Å². The molecule has 0 atom stereocenters. The van der Waals surface area contributed by atoms with E-state index in [4.69, 9.17) is 0 Å². The highest BCUT2D eigenvalue weighted by Crippen LogP contribution is 2.61. The summed E-state index contributed by atoms with van der Waals surface area (Å²) in [5, 5.41) is 4.29. The first-order chi connectivity index (χ1) is 9.60. The molecule has 0 aromatic carbocycles. The van der Waals surface area contributed by atoms with Crippen molar-refractivity contribution in [2.45, 2.75) is 69.7 Å². The fourth-order valence-corrected chi connectivity index (χ4v) is 6.78. The molecule has 0 saturated heterocycles. The Kier molecular flexibility index (Phi) is 3.21. The van der Waals surface area contributed by atoms with Crippen LogP contribution < -0.4 is 5.32 Å². The van der Waals surface area contributed by atoms with Crippen LogP contribution in [-0.4, -0.2) is 16.8 Å². The molecular weight excluding hydrogens is 314 g/mol. The molecule has 0 aromatic rings. The Hall–Kier alpha value is -0.0500. The highest BCUT2D eigenvalue weighted by molar-refractivity contribution is 9.09. The maximum Gasteiger partial charge on any atom is 0.221 e. The van der Waals surface area contributed by atoms with Gasteiger partial charge in [0, 0.05) is 17.3 Å². The van der Waals surface area contributed by atoms with Crippen LogP contribution in [0.1, 0.15) is 64.2 Å². The van der Waals surface area contributed by atoms with Gasteiger partial charge < -0.3 is 5.32 Å². The molecule has 0 heterocycles.